The molecule has 3 heteroatoms. The van der Waals surface area contributed by atoms with Crippen molar-refractivity contribution in [1.29, 1.82) is 0 Å². The summed E-state index contributed by atoms with van der Waals surface area (Å²) in [6.45, 7) is 9.14. The monoisotopic (exact) mass is 385 g/mol. The Kier molecular flexibility index (Phi) is 20.5. The molecule has 0 saturated carbocycles. The summed E-state index contributed by atoms with van der Waals surface area (Å²) >= 11 is 0. The van der Waals surface area contributed by atoms with Crippen LogP contribution in [0.25, 0.3) is 0 Å². The van der Waals surface area contributed by atoms with Crippen LogP contribution in [0.2, 0.25) is 0 Å². The first-order chi connectivity index (χ1) is 13.1. The van der Waals surface area contributed by atoms with Crippen molar-refractivity contribution in [3.8, 4) is 0 Å². The van der Waals surface area contributed by atoms with E-state index in [1.165, 1.54) is 64.2 Å². The summed E-state index contributed by atoms with van der Waals surface area (Å²) in [6.07, 6.45) is 18.9. The summed E-state index contributed by atoms with van der Waals surface area (Å²) in [6, 6.07) is 0. The third kappa shape index (κ3) is 19.0. The zero-order valence-corrected chi connectivity index (χ0v) is 18.9. The van der Waals surface area contributed by atoms with Crippen molar-refractivity contribution in [3.05, 3.63) is 0 Å². The molecule has 27 heavy (non-hydrogen) atoms. The van der Waals surface area contributed by atoms with Crippen molar-refractivity contribution in [2.45, 2.75) is 136 Å². The molecule has 2 N–H and O–H groups in total. The van der Waals surface area contributed by atoms with Crippen LogP contribution in [0.5, 0.6) is 0 Å². The van der Waals surface area contributed by atoms with E-state index < -0.39 is 0 Å². The van der Waals surface area contributed by atoms with Gasteiger partial charge in [-0.25, -0.2) is 0 Å². The largest absolute Gasteiger partial charge is 0.392 e. The van der Waals surface area contributed by atoms with E-state index in [4.69, 9.17) is 0 Å². The summed E-state index contributed by atoms with van der Waals surface area (Å²) in [5, 5.41) is 20.8. The number of aliphatic hydroxyl groups excluding tert-OH is 2. The molecule has 0 aliphatic carbocycles. The molecule has 164 valence electrons. The number of nitrogens with zero attached hydrogens (tertiary/aromatic N) is 1. The number of hydrogen-bond acceptors (Lipinski definition) is 3. The molecular weight excluding hydrogens is 334 g/mol. The molecule has 3 nitrogen and oxygen atoms in total. The van der Waals surface area contributed by atoms with Gasteiger partial charge >= 0.3 is 0 Å². The summed E-state index contributed by atoms with van der Waals surface area (Å²) < 4.78 is 0. The molecule has 0 saturated heterocycles. The van der Waals surface area contributed by atoms with Gasteiger partial charge in [-0.15, -0.1) is 0 Å². The first kappa shape index (κ1) is 26.9. The van der Waals surface area contributed by atoms with Gasteiger partial charge in [-0.3, -0.25) is 4.90 Å². The molecule has 0 aromatic heterocycles. The zero-order valence-electron chi connectivity index (χ0n) is 18.9. The van der Waals surface area contributed by atoms with Gasteiger partial charge in [0, 0.05) is 13.1 Å². The van der Waals surface area contributed by atoms with E-state index in [1.54, 1.807) is 0 Å². The molecule has 2 atom stereocenters. The summed E-state index contributed by atoms with van der Waals surface area (Å²) in [5.74, 6) is 0. The molecule has 0 rings (SSSR count). The van der Waals surface area contributed by atoms with Crippen molar-refractivity contribution < 1.29 is 10.2 Å². The maximum absolute atomic E-state index is 10.4. The second-order valence-electron chi connectivity index (χ2n) is 8.53. The topological polar surface area (TPSA) is 43.7 Å². The van der Waals surface area contributed by atoms with Gasteiger partial charge in [0.2, 0.25) is 0 Å². The minimum absolute atomic E-state index is 0.241. The highest BCUT2D eigenvalue weighted by atomic mass is 16.3. The van der Waals surface area contributed by atoms with Gasteiger partial charge in [-0.1, -0.05) is 104 Å². The molecule has 0 amide bonds. The molecule has 0 aliphatic heterocycles. The standard InChI is InChI=1S/C24H51NO2/c1-4-7-10-12-14-16-18-23(26)21-25(20-9-6-3)22-24(27)19-17-15-13-11-8-5-2/h23-24,26-27H,4-22H2,1-3H3. The van der Waals surface area contributed by atoms with Crippen LogP contribution >= 0.6 is 0 Å². The highest BCUT2D eigenvalue weighted by Gasteiger charge is 2.15. The van der Waals surface area contributed by atoms with Crippen LogP contribution in [0, 0.1) is 0 Å². The van der Waals surface area contributed by atoms with Crippen LogP contribution < -0.4 is 0 Å². The predicted molar refractivity (Wildman–Crippen MR) is 119 cm³/mol. The SMILES string of the molecule is CCCCCCCCC(O)CN(CCCC)CC(O)CCCCCCCC. The Morgan fingerprint density at radius 3 is 1.30 bits per heavy atom. The molecule has 0 aliphatic rings. The molecular formula is C24H51NO2. The summed E-state index contributed by atoms with van der Waals surface area (Å²) in [7, 11) is 0. The normalized spacial score (nSPS) is 14.0. The van der Waals surface area contributed by atoms with Crippen LogP contribution in [-0.2, 0) is 0 Å². The first-order valence-corrected chi connectivity index (χ1v) is 12.2. The van der Waals surface area contributed by atoms with Crippen molar-refractivity contribution in [2.75, 3.05) is 19.6 Å². The van der Waals surface area contributed by atoms with Gasteiger partial charge in [-0.2, -0.15) is 0 Å². The molecule has 0 aromatic carbocycles. The fourth-order valence-electron chi connectivity index (χ4n) is 3.74. The highest BCUT2D eigenvalue weighted by molar-refractivity contribution is 4.69. The van der Waals surface area contributed by atoms with Gasteiger partial charge in [0.25, 0.3) is 0 Å². The van der Waals surface area contributed by atoms with Crippen LogP contribution in [-0.4, -0.2) is 47.0 Å². The van der Waals surface area contributed by atoms with Crippen molar-refractivity contribution >= 4 is 0 Å². The number of unbranched alkanes of at least 4 members (excludes halogenated alkanes) is 11. The lowest BCUT2D eigenvalue weighted by molar-refractivity contribution is 0.0598. The van der Waals surface area contributed by atoms with Gasteiger partial charge in [0.05, 0.1) is 12.2 Å². The smallest absolute Gasteiger partial charge is 0.0667 e. The van der Waals surface area contributed by atoms with Crippen LogP contribution in [0.1, 0.15) is 124 Å². The molecule has 0 aromatic rings. The number of rotatable bonds is 21. The molecule has 2 unspecified atom stereocenters. The number of hydrogen-bond donors (Lipinski definition) is 2. The highest BCUT2D eigenvalue weighted by Crippen LogP contribution is 2.12. The van der Waals surface area contributed by atoms with Gasteiger partial charge in [-0.05, 0) is 25.8 Å². The Morgan fingerprint density at radius 2 is 0.889 bits per heavy atom. The minimum Gasteiger partial charge on any atom is -0.392 e. The second kappa shape index (κ2) is 20.6. The third-order valence-corrected chi connectivity index (χ3v) is 5.55. The second-order valence-corrected chi connectivity index (χ2v) is 8.53. The van der Waals surface area contributed by atoms with E-state index in [0.29, 0.717) is 0 Å². The summed E-state index contributed by atoms with van der Waals surface area (Å²) in [5.41, 5.74) is 0. The quantitative estimate of drug-likeness (QED) is 0.227. The predicted octanol–water partition coefficient (Wildman–Crippen LogP) is 6.31. The van der Waals surface area contributed by atoms with E-state index in [2.05, 4.69) is 25.7 Å². The average Bonchev–Trinajstić information content (AvgIpc) is 2.65. The lowest BCUT2D eigenvalue weighted by Crippen LogP contribution is -2.38. The Balaban J connectivity index is 3.95. The minimum atomic E-state index is -0.241. The van der Waals surface area contributed by atoms with Crippen LogP contribution in [0.3, 0.4) is 0 Å². The van der Waals surface area contributed by atoms with E-state index in [0.717, 1.165) is 58.2 Å². The van der Waals surface area contributed by atoms with Crippen LogP contribution in [0.15, 0.2) is 0 Å². The Bertz CT molecular complexity index is 262. The lowest BCUT2D eigenvalue weighted by Gasteiger charge is -2.27. The maximum atomic E-state index is 10.4. The van der Waals surface area contributed by atoms with E-state index >= 15 is 0 Å². The van der Waals surface area contributed by atoms with E-state index in [1.807, 2.05) is 0 Å². The lowest BCUT2D eigenvalue weighted by atomic mass is 10.1. The van der Waals surface area contributed by atoms with E-state index in [-0.39, 0.29) is 12.2 Å². The van der Waals surface area contributed by atoms with E-state index in [9.17, 15) is 10.2 Å². The van der Waals surface area contributed by atoms with Crippen molar-refractivity contribution in [1.82, 2.24) is 4.90 Å². The Morgan fingerprint density at radius 1 is 0.519 bits per heavy atom. The fourth-order valence-corrected chi connectivity index (χ4v) is 3.74. The molecule has 0 radical (unpaired) electrons. The van der Waals surface area contributed by atoms with Crippen molar-refractivity contribution in [2.24, 2.45) is 0 Å². The number of aliphatic hydroxyl groups is 2. The van der Waals surface area contributed by atoms with Gasteiger partial charge in [0.1, 0.15) is 0 Å². The molecule has 0 bridgehead atoms. The molecule has 0 spiro atoms. The average molecular weight is 386 g/mol. The molecule has 0 fully saturated rings. The van der Waals surface area contributed by atoms with Crippen LogP contribution in [0.4, 0.5) is 0 Å². The van der Waals surface area contributed by atoms with Gasteiger partial charge in [0.15, 0.2) is 0 Å². The Hall–Kier alpha value is -0.120. The first-order valence-electron chi connectivity index (χ1n) is 12.2. The zero-order chi connectivity index (χ0) is 20.2. The van der Waals surface area contributed by atoms with Crippen molar-refractivity contribution in [3.63, 3.8) is 0 Å². The maximum Gasteiger partial charge on any atom is 0.0667 e. The molecule has 0 heterocycles. The third-order valence-electron chi connectivity index (χ3n) is 5.55. The van der Waals surface area contributed by atoms with Gasteiger partial charge < -0.3 is 10.2 Å². The fraction of sp³-hybridized carbons (Fsp3) is 1.00. The Labute approximate surface area is 170 Å². The summed E-state index contributed by atoms with van der Waals surface area (Å²) in [4.78, 5) is 2.30.